The summed E-state index contributed by atoms with van der Waals surface area (Å²) in [6, 6.07) is 10.6. The van der Waals surface area contributed by atoms with Crippen LogP contribution >= 0.6 is 11.5 Å². The van der Waals surface area contributed by atoms with Crippen molar-refractivity contribution >= 4 is 22.4 Å². The number of hydrogen-bond donors (Lipinski definition) is 2. The van der Waals surface area contributed by atoms with Crippen LogP contribution in [0.4, 0.5) is 10.8 Å². The summed E-state index contributed by atoms with van der Waals surface area (Å²) < 4.78 is 4.24. The van der Waals surface area contributed by atoms with Gasteiger partial charge < -0.3 is 11.1 Å². The highest BCUT2D eigenvalue weighted by Gasteiger charge is 2.14. The van der Waals surface area contributed by atoms with Gasteiger partial charge in [-0.15, -0.1) is 0 Å². The first-order valence-corrected chi connectivity index (χ1v) is 6.56. The van der Waals surface area contributed by atoms with Gasteiger partial charge in [0.15, 0.2) is 0 Å². The van der Waals surface area contributed by atoms with E-state index in [1.54, 1.807) is 0 Å². The molecule has 1 aromatic carbocycles. The van der Waals surface area contributed by atoms with Gasteiger partial charge in [0.2, 0.25) is 0 Å². The number of nitrogens with zero attached hydrogens (tertiary/aromatic N) is 1. The van der Waals surface area contributed by atoms with Crippen LogP contribution in [0.1, 0.15) is 20.3 Å². The first kappa shape index (κ1) is 11.9. The number of nitrogens with one attached hydrogen (secondary N) is 1. The van der Waals surface area contributed by atoms with Gasteiger partial charge in [0.25, 0.3) is 0 Å². The van der Waals surface area contributed by atoms with E-state index >= 15 is 0 Å². The van der Waals surface area contributed by atoms with E-state index in [9.17, 15) is 0 Å². The number of rotatable bonds is 4. The number of benzene rings is 1. The zero-order valence-corrected chi connectivity index (χ0v) is 10.9. The van der Waals surface area contributed by atoms with E-state index in [2.05, 4.69) is 35.7 Å². The molecular weight excluding hydrogens is 230 g/mol. The molecule has 0 radical (unpaired) electrons. The molecule has 3 nitrogen and oxygen atoms in total. The second-order valence-corrected chi connectivity index (χ2v) is 4.86. The highest BCUT2D eigenvalue weighted by Crippen LogP contribution is 2.36. The van der Waals surface area contributed by atoms with E-state index in [1.165, 1.54) is 11.5 Å². The van der Waals surface area contributed by atoms with Crippen LogP contribution in [0.5, 0.6) is 0 Å². The van der Waals surface area contributed by atoms with Gasteiger partial charge in [-0.05, 0) is 30.4 Å². The molecule has 1 atom stereocenters. The molecule has 90 valence electrons. The maximum atomic E-state index is 5.95. The largest absolute Gasteiger partial charge is 0.382 e. The van der Waals surface area contributed by atoms with Crippen molar-refractivity contribution in [2.45, 2.75) is 26.3 Å². The van der Waals surface area contributed by atoms with Crippen molar-refractivity contribution in [3.05, 3.63) is 30.3 Å². The van der Waals surface area contributed by atoms with Crippen molar-refractivity contribution in [3.63, 3.8) is 0 Å². The Morgan fingerprint density at radius 1 is 1.35 bits per heavy atom. The third kappa shape index (κ3) is 2.58. The van der Waals surface area contributed by atoms with Crippen LogP contribution < -0.4 is 11.1 Å². The molecule has 0 aliphatic rings. The third-order valence-corrected chi connectivity index (χ3v) is 3.56. The van der Waals surface area contributed by atoms with Gasteiger partial charge >= 0.3 is 0 Å². The van der Waals surface area contributed by atoms with Crippen molar-refractivity contribution in [1.82, 2.24) is 4.37 Å². The van der Waals surface area contributed by atoms with Gasteiger partial charge in [0, 0.05) is 6.04 Å². The highest BCUT2D eigenvalue weighted by molar-refractivity contribution is 7.11. The fraction of sp³-hybridized carbons (Fsp3) is 0.308. The third-order valence-electron chi connectivity index (χ3n) is 2.77. The summed E-state index contributed by atoms with van der Waals surface area (Å²) in [5.41, 5.74) is 8.09. The molecule has 0 saturated heterocycles. The number of nitrogen functional groups attached to an aromatic ring is 1. The van der Waals surface area contributed by atoms with Crippen LogP contribution in [0.25, 0.3) is 11.1 Å². The summed E-state index contributed by atoms with van der Waals surface area (Å²) in [5, 5.41) is 4.51. The van der Waals surface area contributed by atoms with Crippen molar-refractivity contribution < 1.29 is 0 Å². The van der Waals surface area contributed by atoms with Crippen LogP contribution in [0.15, 0.2) is 30.3 Å². The lowest BCUT2D eigenvalue weighted by Gasteiger charge is -2.12. The normalized spacial score (nSPS) is 12.4. The summed E-state index contributed by atoms with van der Waals surface area (Å²) >= 11 is 1.43. The second-order valence-electron chi connectivity index (χ2n) is 4.09. The van der Waals surface area contributed by atoms with E-state index < -0.39 is 0 Å². The minimum atomic E-state index is 0.428. The summed E-state index contributed by atoms with van der Waals surface area (Å²) in [5.74, 6) is 0.604. The van der Waals surface area contributed by atoms with Gasteiger partial charge in [-0.2, -0.15) is 4.37 Å². The summed E-state index contributed by atoms with van der Waals surface area (Å²) in [4.78, 5) is 0. The molecule has 0 aliphatic heterocycles. The molecule has 0 aliphatic carbocycles. The minimum absolute atomic E-state index is 0.428. The maximum absolute atomic E-state index is 5.95. The first-order valence-electron chi connectivity index (χ1n) is 5.79. The van der Waals surface area contributed by atoms with E-state index in [0.717, 1.165) is 22.5 Å². The van der Waals surface area contributed by atoms with Crippen molar-refractivity contribution in [3.8, 4) is 11.1 Å². The SMILES string of the molecule is CCC(C)Nc1snc(N)c1-c1ccccc1. The Bertz CT molecular complexity index is 479. The number of aromatic nitrogens is 1. The summed E-state index contributed by atoms with van der Waals surface area (Å²) in [7, 11) is 0. The highest BCUT2D eigenvalue weighted by atomic mass is 32.1. The van der Waals surface area contributed by atoms with Gasteiger partial charge in [0.05, 0.1) is 5.56 Å². The Hall–Kier alpha value is -1.55. The smallest absolute Gasteiger partial charge is 0.147 e. The first-order chi connectivity index (χ1) is 8.22. The Kier molecular flexibility index (Phi) is 3.64. The molecular formula is C13H17N3S. The van der Waals surface area contributed by atoms with Crippen molar-refractivity contribution in [2.24, 2.45) is 0 Å². The van der Waals surface area contributed by atoms with E-state index in [0.29, 0.717) is 11.9 Å². The molecule has 0 fully saturated rings. The van der Waals surface area contributed by atoms with Crippen LogP contribution in [0, 0.1) is 0 Å². The second kappa shape index (κ2) is 5.19. The molecule has 17 heavy (non-hydrogen) atoms. The Balaban J connectivity index is 2.36. The average molecular weight is 247 g/mol. The number of nitrogens with two attached hydrogens (primary N) is 1. The zero-order valence-electron chi connectivity index (χ0n) is 10.1. The topological polar surface area (TPSA) is 50.9 Å². The molecule has 0 bridgehead atoms. The summed E-state index contributed by atoms with van der Waals surface area (Å²) in [6.45, 7) is 4.31. The molecule has 0 amide bonds. The lowest BCUT2D eigenvalue weighted by molar-refractivity contribution is 0.767. The molecule has 0 spiro atoms. The maximum Gasteiger partial charge on any atom is 0.147 e. The average Bonchev–Trinajstić information content (AvgIpc) is 2.71. The fourth-order valence-corrected chi connectivity index (χ4v) is 2.46. The van der Waals surface area contributed by atoms with E-state index in [-0.39, 0.29) is 0 Å². The van der Waals surface area contributed by atoms with Crippen molar-refractivity contribution in [1.29, 1.82) is 0 Å². The standard InChI is InChI=1S/C13H17N3S/c1-3-9(2)15-13-11(12(14)16-17-13)10-7-5-4-6-8-10/h4-9,15H,3H2,1-2H3,(H2,14,16). The lowest BCUT2D eigenvalue weighted by atomic mass is 10.1. The van der Waals surface area contributed by atoms with Gasteiger partial charge in [-0.3, -0.25) is 0 Å². The van der Waals surface area contributed by atoms with Gasteiger partial charge in [0.1, 0.15) is 10.8 Å². The molecule has 4 heteroatoms. The number of anilines is 2. The van der Waals surface area contributed by atoms with Crippen LogP contribution in [-0.4, -0.2) is 10.4 Å². The Labute approximate surface area is 106 Å². The Morgan fingerprint density at radius 3 is 2.71 bits per heavy atom. The molecule has 3 N–H and O–H groups in total. The van der Waals surface area contributed by atoms with Gasteiger partial charge in [-0.1, -0.05) is 37.3 Å². The molecule has 1 unspecified atom stereocenters. The number of hydrogen-bond acceptors (Lipinski definition) is 4. The van der Waals surface area contributed by atoms with E-state index in [1.807, 2.05) is 18.2 Å². The monoisotopic (exact) mass is 247 g/mol. The molecule has 2 rings (SSSR count). The fourth-order valence-electron chi connectivity index (χ4n) is 1.61. The molecule has 0 saturated carbocycles. The molecule has 2 aromatic rings. The van der Waals surface area contributed by atoms with Crippen LogP contribution in [0.2, 0.25) is 0 Å². The summed E-state index contributed by atoms with van der Waals surface area (Å²) in [6.07, 6.45) is 1.08. The molecule has 1 aromatic heterocycles. The zero-order chi connectivity index (χ0) is 12.3. The van der Waals surface area contributed by atoms with Gasteiger partial charge in [-0.25, -0.2) is 0 Å². The predicted molar refractivity (Wildman–Crippen MR) is 75.3 cm³/mol. The minimum Gasteiger partial charge on any atom is -0.382 e. The van der Waals surface area contributed by atoms with Crippen LogP contribution in [0.3, 0.4) is 0 Å². The van der Waals surface area contributed by atoms with Crippen molar-refractivity contribution in [2.75, 3.05) is 11.1 Å². The quantitative estimate of drug-likeness (QED) is 0.868. The molecule has 1 heterocycles. The van der Waals surface area contributed by atoms with E-state index in [4.69, 9.17) is 5.73 Å². The van der Waals surface area contributed by atoms with Crippen LogP contribution in [-0.2, 0) is 0 Å². The Morgan fingerprint density at radius 2 is 2.06 bits per heavy atom. The predicted octanol–water partition coefficient (Wildman–Crippen LogP) is 3.60. The lowest BCUT2D eigenvalue weighted by Crippen LogP contribution is -2.12.